The van der Waals surface area contributed by atoms with Gasteiger partial charge in [0.2, 0.25) is 0 Å². The van der Waals surface area contributed by atoms with Gasteiger partial charge in [0.15, 0.2) is 0 Å². The highest BCUT2D eigenvalue weighted by Gasteiger charge is 2.24. The summed E-state index contributed by atoms with van der Waals surface area (Å²) in [5.41, 5.74) is 0. The molecular formula is C15H29NO. The van der Waals surface area contributed by atoms with E-state index in [0.717, 1.165) is 38.9 Å². The molecule has 1 unspecified atom stereocenters. The highest BCUT2D eigenvalue weighted by Crippen LogP contribution is 2.22. The van der Waals surface area contributed by atoms with Gasteiger partial charge in [-0.05, 0) is 24.7 Å². The molecule has 0 aromatic heterocycles. The first kappa shape index (κ1) is 14.7. The molecule has 1 aliphatic carbocycles. The van der Waals surface area contributed by atoms with Crippen LogP contribution in [0.5, 0.6) is 0 Å². The summed E-state index contributed by atoms with van der Waals surface area (Å²) < 4.78 is 0. The molecule has 17 heavy (non-hydrogen) atoms. The number of carbonyl (C=O) groups excluding carboxylic acids is 1. The van der Waals surface area contributed by atoms with Crippen molar-refractivity contribution in [2.45, 2.75) is 53.4 Å². The molecule has 2 nitrogen and oxygen atoms in total. The summed E-state index contributed by atoms with van der Waals surface area (Å²) in [4.78, 5) is 14.4. The fraction of sp³-hybridized carbons (Fsp3) is 0.933. The van der Waals surface area contributed by atoms with Crippen LogP contribution < -0.4 is 0 Å². The van der Waals surface area contributed by atoms with Gasteiger partial charge in [0, 0.05) is 32.0 Å². The van der Waals surface area contributed by atoms with Crippen molar-refractivity contribution in [3.8, 4) is 0 Å². The standard InChI is InChI=1S/C15H29NO/c1-12(2)9-16(10-13(3)4)11-14-7-5-6-8-15(14)17/h12-14H,5-11H2,1-4H3. The molecule has 0 heterocycles. The zero-order chi connectivity index (χ0) is 12.8. The summed E-state index contributed by atoms with van der Waals surface area (Å²) in [5, 5.41) is 0. The number of hydrogen-bond acceptors (Lipinski definition) is 2. The monoisotopic (exact) mass is 239 g/mol. The van der Waals surface area contributed by atoms with Gasteiger partial charge in [-0.3, -0.25) is 4.79 Å². The second-order valence-electron chi connectivity index (χ2n) is 6.42. The van der Waals surface area contributed by atoms with Crippen LogP contribution in [0.15, 0.2) is 0 Å². The van der Waals surface area contributed by atoms with E-state index < -0.39 is 0 Å². The Labute approximate surface area is 107 Å². The molecule has 0 saturated heterocycles. The van der Waals surface area contributed by atoms with Gasteiger partial charge in [0.1, 0.15) is 5.78 Å². The Morgan fingerprint density at radius 1 is 1.12 bits per heavy atom. The van der Waals surface area contributed by atoms with Gasteiger partial charge in [-0.2, -0.15) is 0 Å². The number of nitrogens with zero attached hydrogens (tertiary/aromatic N) is 1. The minimum Gasteiger partial charge on any atom is -0.302 e. The number of hydrogen-bond donors (Lipinski definition) is 0. The molecule has 0 N–H and O–H groups in total. The third-order valence-corrected chi connectivity index (χ3v) is 3.41. The smallest absolute Gasteiger partial charge is 0.137 e. The van der Waals surface area contributed by atoms with E-state index in [1.54, 1.807) is 0 Å². The molecule has 100 valence electrons. The van der Waals surface area contributed by atoms with E-state index in [0.29, 0.717) is 23.5 Å². The maximum atomic E-state index is 11.9. The third kappa shape index (κ3) is 5.67. The molecule has 1 fully saturated rings. The largest absolute Gasteiger partial charge is 0.302 e. The Morgan fingerprint density at radius 2 is 1.71 bits per heavy atom. The van der Waals surface area contributed by atoms with Gasteiger partial charge in [-0.25, -0.2) is 0 Å². The summed E-state index contributed by atoms with van der Waals surface area (Å²) in [6, 6.07) is 0. The summed E-state index contributed by atoms with van der Waals surface area (Å²) >= 11 is 0. The van der Waals surface area contributed by atoms with Crippen LogP contribution in [0.3, 0.4) is 0 Å². The molecule has 0 amide bonds. The fourth-order valence-corrected chi connectivity index (χ4v) is 2.82. The lowest BCUT2D eigenvalue weighted by Gasteiger charge is -2.31. The van der Waals surface area contributed by atoms with Crippen LogP contribution >= 0.6 is 0 Å². The highest BCUT2D eigenvalue weighted by molar-refractivity contribution is 5.81. The average Bonchev–Trinajstić information content (AvgIpc) is 2.19. The average molecular weight is 239 g/mol. The molecule has 0 spiro atoms. The lowest BCUT2D eigenvalue weighted by atomic mass is 9.87. The molecular weight excluding hydrogens is 210 g/mol. The maximum absolute atomic E-state index is 11.9. The maximum Gasteiger partial charge on any atom is 0.137 e. The van der Waals surface area contributed by atoms with Crippen LogP contribution in [0.25, 0.3) is 0 Å². The van der Waals surface area contributed by atoms with Crippen molar-refractivity contribution in [3.05, 3.63) is 0 Å². The summed E-state index contributed by atoms with van der Waals surface area (Å²) in [5.74, 6) is 2.20. The Kier molecular flexibility index (Phi) is 6.18. The van der Waals surface area contributed by atoms with Crippen LogP contribution in [0.4, 0.5) is 0 Å². The van der Waals surface area contributed by atoms with Crippen LogP contribution in [0.2, 0.25) is 0 Å². The molecule has 1 atom stereocenters. The summed E-state index contributed by atoms with van der Waals surface area (Å²) in [7, 11) is 0. The fourth-order valence-electron chi connectivity index (χ4n) is 2.82. The Morgan fingerprint density at radius 3 is 2.18 bits per heavy atom. The van der Waals surface area contributed by atoms with Crippen molar-refractivity contribution in [1.82, 2.24) is 4.90 Å². The van der Waals surface area contributed by atoms with Crippen LogP contribution in [0, 0.1) is 17.8 Å². The van der Waals surface area contributed by atoms with E-state index in [1.165, 1.54) is 6.42 Å². The first-order valence-corrected chi connectivity index (χ1v) is 7.24. The molecule has 1 aliphatic rings. The van der Waals surface area contributed by atoms with Gasteiger partial charge in [0.05, 0.1) is 0 Å². The lowest BCUT2D eigenvalue weighted by Crippen LogP contribution is -2.38. The quantitative estimate of drug-likeness (QED) is 0.708. The minimum absolute atomic E-state index is 0.321. The molecule has 2 heteroatoms. The first-order valence-electron chi connectivity index (χ1n) is 7.24. The van der Waals surface area contributed by atoms with Crippen molar-refractivity contribution in [2.24, 2.45) is 17.8 Å². The predicted octanol–water partition coefficient (Wildman–Crippen LogP) is 3.36. The Hall–Kier alpha value is -0.370. The minimum atomic E-state index is 0.321. The lowest BCUT2D eigenvalue weighted by molar-refractivity contribution is -0.125. The van der Waals surface area contributed by atoms with Gasteiger partial charge in [0.25, 0.3) is 0 Å². The van der Waals surface area contributed by atoms with E-state index in [2.05, 4.69) is 32.6 Å². The van der Waals surface area contributed by atoms with Gasteiger partial charge in [-0.15, -0.1) is 0 Å². The van der Waals surface area contributed by atoms with E-state index in [-0.39, 0.29) is 0 Å². The Balaban J connectivity index is 2.48. The second kappa shape index (κ2) is 7.15. The van der Waals surface area contributed by atoms with Crippen molar-refractivity contribution in [1.29, 1.82) is 0 Å². The van der Waals surface area contributed by atoms with Crippen molar-refractivity contribution >= 4 is 5.78 Å². The molecule has 0 radical (unpaired) electrons. The van der Waals surface area contributed by atoms with Crippen LogP contribution in [-0.4, -0.2) is 30.3 Å². The van der Waals surface area contributed by atoms with Gasteiger partial charge >= 0.3 is 0 Å². The Bertz CT molecular complexity index is 225. The number of ketones is 1. The van der Waals surface area contributed by atoms with E-state index in [1.807, 2.05) is 0 Å². The number of carbonyl (C=O) groups is 1. The highest BCUT2D eigenvalue weighted by atomic mass is 16.1. The first-order chi connectivity index (χ1) is 7.99. The predicted molar refractivity (Wildman–Crippen MR) is 73.1 cm³/mol. The van der Waals surface area contributed by atoms with Gasteiger partial charge < -0.3 is 4.90 Å². The zero-order valence-corrected chi connectivity index (χ0v) is 12.0. The summed E-state index contributed by atoms with van der Waals surface area (Å²) in [6.45, 7) is 12.3. The number of Topliss-reactive ketones (excluding diaryl/α,β-unsaturated/α-hetero) is 1. The number of rotatable bonds is 6. The summed E-state index contributed by atoms with van der Waals surface area (Å²) in [6.07, 6.45) is 4.30. The third-order valence-electron chi connectivity index (χ3n) is 3.41. The van der Waals surface area contributed by atoms with E-state index >= 15 is 0 Å². The molecule has 0 aliphatic heterocycles. The van der Waals surface area contributed by atoms with Gasteiger partial charge in [-0.1, -0.05) is 34.1 Å². The van der Waals surface area contributed by atoms with E-state index in [4.69, 9.17) is 0 Å². The van der Waals surface area contributed by atoms with Crippen LogP contribution in [-0.2, 0) is 4.79 Å². The molecule has 1 rings (SSSR count). The SMILES string of the molecule is CC(C)CN(CC(C)C)CC1CCCCC1=O. The second-order valence-corrected chi connectivity index (χ2v) is 6.42. The zero-order valence-electron chi connectivity index (χ0n) is 12.0. The van der Waals surface area contributed by atoms with Crippen molar-refractivity contribution < 1.29 is 4.79 Å². The molecule has 0 aromatic carbocycles. The van der Waals surface area contributed by atoms with Crippen molar-refractivity contribution in [3.63, 3.8) is 0 Å². The molecule has 0 aromatic rings. The van der Waals surface area contributed by atoms with E-state index in [9.17, 15) is 4.79 Å². The molecule has 1 saturated carbocycles. The topological polar surface area (TPSA) is 20.3 Å². The molecule has 0 bridgehead atoms. The normalized spacial score (nSPS) is 21.8. The van der Waals surface area contributed by atoms with Crippen LogP contribution in [0.1, 0.15) is 53.4 Å². The van der Waals surface area contributed by atoms with Crippen molar-refractivity contribution in [2.75, 3.05) is 19.6 Å².